The van der Waals surface area contributed by atoms with Crippen molar-refractivity contribution in [2.75, 3.05) is 0 Å². The van der Waals surface area contributed by atoms with Gasteiger partial charge in [-0.1, -0.05) is 25.0 Å². The first-order valence-corrected chi connectivity index (χ1v) is 4.58. The van der Waals surface area contributed by atoms with Crippen molar-refractivity contribution in [3.05, 3.63) is 11.6 Å². The zero-order valence-corrected chi connectivity index (χ0v) is 8.65. The summed E-state index contributed by atoms with van der Waals surface area (Å²) < 4.78 is 0. The van der Waals surface area contributed by atoms with Crippen LogP contribution < -0.4 is 0 Å². The second-order valence-electron chi connectivity index (χ2n) is 3.91. The number of hydrogen-bond donors (Lipinski definition) is 0. The van der Waals surface area contributed by atoms with Crippen LogP contribution in [0.15, 0.2) is 11.6 Å². The summed E-state index contributed by atoms with van der Waals surface area (Å²) in [5, 5.41) is 8.95. The lowest BCUT2D eigenvalue weighted by atomic mass is 9.83. The normalized spacial score (nSPS) is 14.6. The molecule has 0 aromatic carbocycles. The number of hydrogen-bond acceptors (Lipinski definition) is 1. The van der Waals surface area contributed by atoms with Gasteiger partial charge in [0, 0.05) is 0 Å². The minimum Gasteiger partial charge on any atom is -0.198 e. The summed E-state index contributed by atoms with van der Waals surface area (Å²) in [6.45, 7) is 8.31. The Morgan fingerprint density at radius 2 is 2.08 bits per heavy atom. The molecule has 1 heteroatoms. The summed E-state index contributed by atoms with van der Waals surface area (Å²) in [6.07, 6.45) is 5.12. The number of rotatable bonds is 4. The highest BCUT2D eigenvalue weighted by Crippen LogP contribution is 2.27. The quantitative estimate of drug-likeness (QED) is 0.583. The molecule has 0 bridgehead atoms. The van der Waals surface area contributed by atoms with Gasteiger partial charge in [-0.05, 0) is 33.6 Å². The maximum Gasteiger partial charge on any atom is 0.0690 e. The summed E-state index contributed by atoms with van der Waals surface area (Å²) in [4.78, 5) is 0. The predicted octanol–water partition coefficient (Wildman–Crippen LogP) is 3.67. The van der Waals surface area contributed by atoms with Crippen LogP contribution in [0.4, 0.5) is 0 Å². The highest BCUT2D eigenvalue weighted by molar-refractivity contribution is 5.04. The molecule has 1 atom stereocenters. The van der Waals surface area contributed by atoms with E-state index in [2.05, 4.69) is 32.9 Å². The average molecular weight is 165 g/mol. The number of nitriles is 1. The first-order chi connectivity index (χ1) is 5.54. The Bertz CT molecular complexity index is 194. The lowest BCUT2D eigenvalue weighted by molar-refractivity contribution is 0.404. The van der Waals surface area contributed by atoms with E-state index in [0.717, 1.165) is 19.3 Å². The van der Waals surface area contributed by atoms with Gasteiger partial charge in [-0.2, -0.15) is 5.26 Å². The molecule has 0 N–H and O–H groups in total. The monoisotopic (exact) mass is 165 g/mol. The van der Waals surface area contributed by atoms with E-state index in [0.29, 0.717) is 0 Å². The van der Waals surface area contributed by atoms with E-state index in [-0.39, 0.29) is 5.41 Å². The molecule has 0 aliphatic heterocycles. The first kappa shape index (κ1) is 11.2. The molecule has 0 heterocycles. The Kier molecular flexibility index (Phi) is 4.66. The van der Waals surface area contributed by atoms with Crippen LogP contribution in [0.3, 0.4) is 0 Å². The maximum atomic E-state index is 8.95. The van der Waals surface area contributed by atoms with Crippen LogP contribution in [-0.2, 0) is 0 Å². The average Bonchev–Trinajstić information content (AvgIpc) is 2.02. The fourth-order valence-corrected chi connectivity index (χ4v) is 1.18. The SMILES string of the molecule is CCCC(C)(C#N)CC=C(C)C. The molecule has 0 aromatic heterocycles. The highest BCUT2D eigenvalue weighted by atomic mass is 14.3. The summed E-state index contributed by atoms with van der Waals surface area (Å²) in [5.41, 5.74) is 1.15. The van der Waals surface area contributed by atoms with Crippen molar-refractivity contribution in [1.29, 1.82) is 5.26 Å². The van der Waals surface area contributed by atoms with Crippen LogP contribution >= 0.6 is 0 Å². The van der Waals surface area contributed by atoms with Crippen LogP contribution in [0.25, 0.3) is 0 Å². The van der Waals surface area contributed by atoms with E-state index >= 15 is 0 Å². The van der Waals surface area contributed by atoms with Crippen molar-refractivity contribution in [3.8, 4) is 6.07 Å². The van der Waals surface area contributed by atoms with Crippen LogP contribution in [0.5, 0.6) is 0 Å². The largest absolute Gasteiger partial charge is 0.198 e. The van der Waals surface area contributed by atoms with Crippen LogP contribution in [0.2, 0.25) is 0 Å². The van der Waals surface area contributed by atoms with Gasteiger partial charge in [0.25, 0.3) is 0 Å². The van der Waals surface area contributed by atoms with Gasteiger partial charge in [0.1, 0.15) is 0 Å². The van der Waals surface area contributed by atoms with Gasteiger partial charge in [0.15, 0.2) is 0 Å². The number of nitrogens with zero attached hydrogens (tertiary/aromatic N) is 1. The molecule has 12 heavy (non-hydrogen) atoms. The van der Waals surface area contributed by atoms with Gasteiger partial charge < -0.3 is 0 Å². The molecule has 0 aliphatic carbocycles. The molecule has 68 valence electrons. The van der Waals surface area contributed by atoms with Crippen molar-refractivity contribution in [2.45, 2.75) is 47.0 Å². The third-order valence-corrected chi connectivity index (χ3v) is 2.03. The first-order valence-electron chi connectivity index (χ1n) is 4.58. The van der Waals surface area contributed by atoms with E-state index in [9.17, 15) is 0 Å². The summed E-state index contributed by atoms with van der Waals surface area (Å²) in [5.74, 6) is 0. The van der Waals surface area contributed by atoms with E-state index in [1.165, 1.54) is 5.57 Å². The molecule has 1 nitrogen and oxygen atoms in total. The molecule has 0 aliphatic rings. The third-order valence-electron chi connectivity index (χ3n) is 2.03. The Morgan fingerprint density at radius 3 is 2.42 bits per heavy atom. The van der Waals surface area contributed by atoms with Crippen molar-refractivity contribution in [2.24, 2.45) is 5.41 Å². The summed E-state index contributed by atoms with van der Waals surface area (Å²) in [6, 6.07) is 2.39. The van der Waals surface area contributed by atoms with Crippen molar-refractivity contribution in [1.82, 2.24) is 0 Å². The van der Waals surface area contributed by atoms with Gasteiger partial charge in [0.2, 0.25) is 0 Å². The minimum atomic E-state index is -0.147. The van der Waals surface area contributed by atoms with E-state index in [1.807, 2.05) is 6.92 Å². The molecule has 0 radical (unpaired) electrons. The topological polar surface area (TPSA) is 23.8 Å². The lowest BCUT2D eigenvalue weighted by Gasteiger charge is -2.18. The van der Waals surface area contributed by atoms with Gasteiger partial charge in [-0.15, -0.1) is 0 Å². The second kappa shape index (κ2) is 4.98. The summed E-state index contributed by atoms with van der Waals surface area (Å²) in [7, 11) is 0. The zero-order valence-electron chi connectivity index (χ0n) is 8.65. The molecule has 1 unspecified atom stereocenters. The fraction of sp³-hybridized carbons (Fsp3) is 0.727. The fourth-order valence-electron chi connectivity index (χ4n) is 1.18. The highest BCUT2D eigenvalue weighted by Gasteiger charge is 2.20. The Labute approximate surface area is 76.1 Å². The van der Waals surface area contributed by atoms with E-state index in [1.54, 1.807) is 0 Å². The molecule has 0 rings (SSSR count). The molecule has 0 saturated carbocycles. The Balaban J connectivity index is 4.17. The smallest absolute Gasteiger partial charge is 0.0690 e. The predicted molar refractivity (Wildman–Crippen MR) is 52.7 cm³/mol. The van der Waals surface area contributed by atoms with E-state index in [4.69, 9.17) is 5.26 Å². The molecule has 0 fully saturated rings. The maximum absolute atomic E-state index is 8.95. The molecule has 0 saturated heterocycles. The van der Waals surface area contributed by atoms with E-state index < -0.39 is 0 Å². The van der Waals surface area contributed by atoms with Gasteiger partial charge in [0.05, 0.1) is 11.5 Å². The third kappa shape index (κ3) is 4.18. The van der Waals surface area contributed by atoms with Crippen LogP contribution in [0.1, 0.15) is 47.0 Å². The standard InChI is InChI=1S/C11H19N/c1-5-7-11(4,9-12)8-6-10(2)3/h6H,5,7-8H2,1-4H3. The van der Waals surface area contributed by atoms with Crippen molar-refractivity contribution < 1.29 is 0 Å². The van der Waals surface area contributed by atoms with Crippen molar-refractivity contribution >= 4 is 0 Å². The molecular formula is C11H19N. The second-order valence-corrected chi connectivity index (χ2v) is 3.91. The summed E-state index contributed by atoms with van der Waals surface area (Å²) >= 11 is 0. The zero-order chi connectivity index (χ0) is 9.61. The molecule has 0 amide bonds. The van der Waals surface area contributed by atoms with Gasteiger partial charge >= 0.3 is 0 Å². The van der Waals surface area contributed by atoms with Gasteiger partial charge in [-0.25, -0.2) is 0 Å². The van der Waals surface area contributed by atoms with Gasteiger partial charge in [-0.3, -0.25) is 0 Å². The van der Waals surface area contributed by atoms with Crippen LogP contribution in [0, 0.1) is 16.7 Å². The Hall–Kier alpha value is -0.770. The van der Waals surface area contributed by atoms with Crippen LogP contribution in [-0.4, -0.2) is 0 Å². The lowest BCUT2D eigenvalue weighted by Crippen LogP contribution is -2.11. The number of allylic oxidation sites excluding steroid dienone is 2. The molecule has 0 spiro atoms. The minimum absolute atomic E-state index is 0.147. The Morgan fingerprint density at radius 1 is 1.50 bits per heavy atom. The van der Waals surface area contributed by atoms with Crippen molar-refractivity contribution in [3.63, 3.8) is 0 Å². The molecule has 0 aromatic rings. The molecular weight excluding hydrogens is 146 g/mol.